The van der Waals surface area contributed by atoms with Gasteiger partial charge in [0.15, 0.2) is 11.6 Å². The molecule has 5 nitrogen and oxygen atoms in total. The number of amides is 2. The molecule has 1 aliphatic heterocycles. The first kappa shape index (κ1) is 27.1. The summed E-state index contributed by atoms with van der Waals surface area (Å²) in [5.74, 6) is -2.51. The Balaban J connectivity index is 1.24. The number of nitrogens with one attached hydrogen (secondary N) is 2. The molecular formula is C26H29Cl2F2N3O2. The molecule has 2 amide bonds. The van der Waals surface area contributed by atoms with E-state index in [4.69, 9.17) is 23.2 Å². The van der Waals surface area contributed by atoms with E-state index in [0.29, 0.717) is 16.6 Å². The summed E-state index contributed by atoms with van der Waals surface area (Å²) < 4.78 is 26.4. The molecule has 35 heavy (non-hydrogen) atoms. The quantitative estimate of drug-likeness (QED) is 0.320. The van der Waals surface area contributed by atoms with E-state index in [9.17, 15) is 18.4 Å². The summed E-state index contributed by atoms with van der Waals surface area (Å²) in [6, 6.07) is 8.39. The summed E-state index contributed by atoms with van der Waals surface area (Å²) in [6.45, 7) is 3.33. The average molecular weight is 524 g/mol. The molecule has 188 valence electrons. The lowest BCUT2D eigenvalue weighted by molar-refractivity contribution is -0.116. The molecule has 0 saturated carbocycles. The summed E-state index contributed by atoms with van der Waals surface area (Å²) in [5, 5.41) is 6.71. The summed E-state index contributed by atoms with van der Waals surface area (Å²) in [4.78, 5) is 26.6. The van der Waals surface area contributed by atoms with Gasteiger partial charge in [-0.2, -0.15) is 0 Å². The second kappa shape index (κ2) is 13.6. The molecule has 1 saturated heterocycles. The largest absolute Gasteiger partial charge is 0.353 e. The third-order valence-electron chi connectivity index (χ3n) is 5.93. The van der Waals surface area contributed by atoms with Gasteiger partial charge in [-0.3, -0.25) is 9.59 Å². The van der Waals surface area contributed by atoms with Gasteiger partial charge in [0.25, 0.3) is 5.91 Å². The third kappa shape index (κ3) is 8.91. The van der Waals surface area contributed by atoms with E-state index in [1.165, 1.54) is 12.1 Å². The van der Waals surface area contributed by atoms with Crippen molar-refractivity contribution >= 4 is 41.1 Å². The topological polar surface area (TPSA) is 61.4 Å². The number of piperidine rings is 1. The number of benzene rings is 2. The molecule has 9 heteroatoms. The summed E-state index contributed by atoms with van der Waals surface area (Å²) >= 11 is 11.9. The molecule has 0 aromatic heterocycles. The second-order valence-electron chi connectivity index (χ2n) is 8.58. The molecule has 0 aliphatic carbocycles. The highest BCUT2D eigenvalue weighted by atomic mass is 35.5. The molecule has 1 heterocycles. The molecule has 3 rings (SSSR count). The molecule has 0 bridgehead atoms. The summed E-state index contributed by atoms with van der Waals surface area (Å²) in [7, 11) is 0. The number of rotatable bonds is 10. The van der Waals surface area contributed by atoms with Gasteiger partial charge < -0.3 is 15.5 Å². The third-order valence-corrected chi connectivity index (χ3v) is 6.66. The van der Waals surface area contributed by atoms with Crippen LogP contribution < -0.4 is 10.6 Å². The Labute approximate surface area is 214 Å². The monoisotopic (exact) mass is 523 g/mol. The molecule has 1 fully saturated rings. The van der Waals surface area contributed by atoms with E-state index >= 15 is 0 Å². The van der Waals surface area contributed by atoms with Gasteiger partial charge in [-0.1, -0.05) is 35.7 Å². The Hall–Kier alpha value is -2.48. The minimum atomic E-state index is -1.02. The predicted molar refractivity (Wildman–Crippen MR) is 136 cm³/mol. The van der Waals surface area contributed by atoms with Gasteiger partial charge >= 0.3 is 0 Å². The lowest BCUT2D eigenvalue weighted by atomic mass is 10.0. The van der Waals surface area contributed by atoms with Gasteiger partial charge in [-0.05, 0) is 74.2 Å². The van der Waals surface area contributed by atoms with E-state index < -0.39 is 11.6 Å². The zero-order valence-electron chi connectivity index (χ0n) is 19.3. The molecule has 0 unspecified atom stereocenters. The van der Waals surface area contributed by atoms with Crippen LogP contribution in [0.15, 0.2) is 42.5 Å². The molecule has 1 aliphatic rings. The average Bonchev–Trinajstić information content (AvgIpc) is 2.84. The van der Waals surface area contributed by atoms with Crippen LogP contribution >= 0.6 is 23.2 Å². The fourth-order valence-electron chi connectivity index (χ4n) is 3.90. The zero-order valence-corrected chi connectivity index (χ0v) is 20.8. The summed E-state index contributed by atoms with van der Waals surface area (Å²) in [6.07, 6.45) is 7.74. The van der Waals surface area contributed by atoms with E-state index in [-0.39, 0.29) is 23.4 Å². The van der Waals surface area contributed by atoms with E-state index in [2.05, 4.69) is 15.5 Å². The van der Waals surface area contributed by atoms with Crippen molar-refractivity contribution in [2.24, 2.45) is 0 Å². The molecule has 0 atom stereocenters. The highest BCUT2D eigenvalue weighted by Gasteiger charge is 2.21. The minimum Gasteiger partial charge on any atom is -0.353 e. The maximum Gasteiger partial charge on any atom is 0.251 e. The van der Waals surface area contributed by atoms with Crippen molar-refractivity contribution in [3.63, 3.8) is 0 Å². The number of likely N-dealkylation sites (tertiary alicyclic amines) is 1. The van der Waals surface area contributed by atoms with Crippen LogP contribution in [0.2, 0.25) is 10.0 Å². The first-order valence-corrected chi connectivity index (χ1v) is 12.5. The second-order valence-corrected chi connectivity index (χ2v) is 9.39. The van der Waals surface area contributed by atoms with Crippen LogP contribution in [0.25, 0.3) is 6.08 Å². The lowest BCUT2D eigenvalue weighted by Crippen LogP contribution is -2.44. The fraction of sp³-hybridized carbons (Fsp3) is 0.385. The Morgan fingerprint density at radius 1 is 0.971 bits per heavy atom. The maximum absolute atomic E-state index is 13.3. The van der Waals surface area contributed by atoms with Gasteiger partial charge in [0.1, 0.15) is 0 Å². The number of carbonyl (C=O) groups is 2. The van der Waals surface area contributed by atoms with Crippen LogP contribution in [-0.4, -0.2) is 48.9 Å². The Morgan fingerprint density at radius 2 is 1.74 bits per heavy atom. The molecule has 2 aromatic carbocycles. The zero-order chi connectivity index (χ0) is 25.2. The number of halogens is 4. The Kier molecular flexibility index (Phi) is 10.5. The van der Waals surface area contributed by atoms with Crippen LogP contribution in [0.1, 0.15) is 48.0 Å². The molecule has 2 N–H and O–H groups in total. The Bertz CT molecular complexity index is 1060. The minimum absolute atomic E-state index is 0.0269. The van der Waals surface area contributed by atoms with Gasteiger partial charge in [-0.15, -0.1) is 0 Å². The standard InChI is InChI=1S/C26H29Cl2F2N3O2/c27-21-7-4-18(16-22(21)28)5-9-25(34)31-12-2-1-3-13-33-14-10-20(11-15-33)32-26(35)19-6-8-23(29)24(30)17-19/h4-9,16-17,20H,1-3,10-15H2,(H,31,34)(H,32,35)/b9-5+. The van der Waals surface area contributed by atoms with E-state index in [1.807, 2.05) is 0 Å². The van der Waals surface area contributed by atoms with Crippen LogP contribution in [-0.2, 0) is 4.79 Å². The van der Waals surface area contributed by atoms with Crippen molar-refractivity contribution in [3.05, 3.63) is 75.3 Å². The van der Waals surface area contributed by atoms with Gasteiger partial charge in [0, 0.05) is 37.3 Å². The molecule has 0 radical (unpaired) electrons. The van der Waals surface area contributed by atoms with Gasteiger partial charge in [-0.25, -0.2) is 8.78 Å². The van der Waals surface area contributed by atoms with Crippen LogP contribution in [0.3, 0.4) is 0 Å². The number of unbranched alkanes of at least 4 members (excludes halogenated alkanes) is 2. The number of hydrogen-bond acceptors (Lipinski definition) is 3. The van der Waals surface area contributed by atoms with Crippen LogP contribution in [0.4, 0.5) is 8.78 Å². The van der Waals surface area contributed by atoms with Crippen LogP contribution in [0, 0.1) is 11.6 Å². The highest BCUT2D eigenvalue weighted by Crippen LogP contribution is 2.23. The smallest absolute Gasteiger partial charge is 0.251 e. The Morgan fingerprint density at radius 3 is 2.46 bits per heavy atom. The predicted octanol–water partition coefficient (Wildman–Crippen LogP) is 5.47. The van der Waals surface area contributed by atoms with Gasteiger partial charge in [0.05, 0.1) is 10.0 Å². The number of carbonyl (C=O) groups excluding carboxylic acids is 2. The van der Waals surface area contributed by atoms with Gasteiger partial charge in [0.2, 0.25) is 5.91 Å². The SMILES string of the molecule is O=C(/C=C/c1ccc(Cl)c(Cl)c1)NCCCCCN1CCC(NC(=O)c2ccc(F)c(F)c2)CC1. The first-order chi connectivity index (χ1) is 16.8. The molecule has 0 spiro atoms. The van der Waals surface area contributed by atoms with Crippen molar-refractivity contribution in [1.29, 1.82) is 0 Å². The van der Waals surface area contributed by atoms with Crippen molar-refractivity contribution in [1.82, 2.24) is 15.5 Å². The first-order valence-electron chi connectivity index (χ1n) is 11.7. The van der Waals surface area contributed by atoms with E-state index in [0.717, 1.165) is 69.4 Å². The normalized spacial score (nSPS) is 14.9. The summed E-state index contributed by atoms with van der Waals surface area (Å²) in [5.41, 5.74) is 0.936. The number of hydrogen-bond donors (Lipinski definition) is 2. The number of nitrogens with zero attached hydrogens (tertiary/aromatic N) is 1. The van der Waals surface area contributed by atoms with Crippen molar-refractivity contribution < 1.29 is 18.4 Å². The highest BCUT2D eigenvalue weighted by molar-refractivity contribution is 6.42. The molecule has 2 aromatic rings. The van der Waals surface area contributed by atoms with E-state index in [1.54, 1.807) is 24.3 Å². The lowest BCUT2D eigenvalue weighted by Gasteiger charge is -2.32. The van der Waals surface area contributed by atoms with Crippen LogP contribution in [0.5, 0.6) is 0 Å². The van der Waals surface area contributed by atoms with Crippen molar-refractivity contribution in [2.75, 3.05) is 26.2 Å². The fourth-order valence-corrected chi connectivity index (χ4v) is 4.21. The van der Waals surface area contributed by atoms with Crippen molar-refractivity contribution in [3.8, 4) is 0 Å². The maximum atomic E-state index is 13.3. The van der Waals surface area contributed by atoms with Crippen molar-refractivity contribution in [2.45, 2.75) is 38.1 Å². The molecular weight excluding hydrogens is 495 g/mol.